The van der Waals surface area contributed by atoms with Gasteiger partial charge in [0.1, 0.15) is 0 Å². The van der Waals surface area contributed by atoms with Gasteiger partial charge in [-0.3, -0.25) is 9.69 Å². The molecule has 0 bridgehead atoms. The van der Waals surface area contributed by atoms with Gasteiger partial charge in [-0.2, -0.15) is 0 Å². The first kappa shape index (κ1) is 16.1. The normalized spacial score (nSPS) is 26.1. The molecule has 6 nitrogen and oxygen atoms in total. The number of carbonyl (C=O) groups is 2. The van der Waals surface area contributed by atoms with Crippen molar-refractivity contribution < 1.29 is 14.7 Å². The Morgan fingerprint density at radius 1 is 1.19 bits per heavy atom. The lowest BCUT2D eigenvalue weighted by molar-refractivity contribution is -0.137. The highest BCUT2D eigenvalue weighted by atomic mass is 16.4. The van der Waals surface area contributed by atoms with Gasteiger partial charge in [0.25, 0.3) is 0 Å². The Morgan fingerprint density at radius 2 is 1.90 bits per heavy atom. The number of hydrogen-bond donors (Lipinski definition) is 1. The molecule has 1 atom stereocenters. The van der Waals surface area contributed by atoms with Crippen molar-refractivity contribution in [3.8, 4) is 0 Å². The maximum atomic E-state index is 12.6. The summed E-state index contributed by atoms with van der Waals surface area (Å²) in [5.74, 6) is -0.411. The molecule has 2 rings (SSSR count). The fourth-order valence-electron chi connectivity index (χ4n) is 3.17. The molecule has 0 aromatic carbocycles. The summed E-state index contributed by atoms with van der Waals surface area (Å²) < 4.78 is 0. The summed E-state index contributed by atoms with van der Waals surface area (Å²) in [6, 6.07) is 0.119. The molecule has 6 heteroatoms. The summed E-state index contributed by atoms with van der Waals surface area (Å²) >= 11 is 0. The number of carbonyl (C=O) groups excluding carboxylic acids is 1. The van der Waals surface area contributed by atoms with Crippen LogP contribution in [0.2, 0.25) is 0 Å². The number of rotatable bonds is 3. The molecule has 0 spiro atoms. The van der Waals surface area contributed by atoms with Gasteiger partial charge in [-0.05, 0) is 39.7 Å². The number of aliphatic carboxylic acids is 1. The van der Waals surface area contributed by atoms with Gasteiger partial charge in [0.15, 0.2) is 0 Å². The Bertz CT molecular complexity index is 411. The number of likely N-dealkylation sites (tertiary alicyclic amines) is 1. The summed E-state index contributed by atoms with van der Waals surface area (Å²) in [7, 11) is 2.10. The van der Waals surface area contributed by atoms with Crippen molar-refractivity contribution in [2.45, 2.75) is 38.6 Å². The molecule has 0 aliphatic carbocycles. The van der Waals surface area contributed by atoms with Gasteiger partial charge >= 0.3 is 12.0 Å². The number of nitrogens with zero attached hydrogens (tertiary/aromatic N) is 3. The van der Waals surface area contributed by atoms with Crippen molar-refractivity contribution in [3.63, 3.8) is 0 Å². The van der Waals surface area contributed by atoms with E-state index >= 15 is 0 Å². The SMILES string of the molecule is CN1CCN(C(=O)N2CCC(CCC(=O)O)C2)CC1(C)C. The molecular weight excluding hydrogens is 270 g/mol. The molecular formula is C15H27N3O3. The standard InChI is InChI=1S/C15H27N3O3/c1-15(2)11-18(9-8-16(15)3)14(21)17-7-6-12(10-17)4-5-13(19)20/h12H,4-11H2,1-3H3,(H,19,20). The monoisotopic (exact) mass is 297 g/mol. The molecule has 2 fully saturated rings. The lowest BCUT2D eigenvalue weighted by Gasteiger charge is -2.46. The highest BCUT2D eigenvalue weighted by molar-refractivity contribution is 5.75. The van der Waals surface area contributed by atoms with E-state index < -0.39 is 5.97 Å². The Morgan fingerprint density at radius 3 is 2.52 bits per heavy atom. The van der Waals surface area contributed by atoms with Crippen LogP contribution in [-0.2, 0) is 4.79 Å². The molecule has 0 aromatic heterocycles. The summed E-state index contributed by atoms with van der Waals surface area (Å²) in [5, 5.41) is 8.74. The summed E-state index contributed by atoms with van der Waals surface area (Å²) in [6.45, 7) is 8.20. The number of hydrogen-bond acceptors (Lipinski definition) is 3. The van der Waals surface area contributed by atoms with Gasteiger partial charge in [0.05, 0.1) is 0 Å². The first-order valence-corrected chi connectivity index (χ1v) is 7.76. The zero-order valence-electron chi connectivity index (χ0n) is 13.3. The third-order valence-electron chi connectivity index (χ3n) is 4.91. The molecule has 0 aromatic rings. The van der Waals surface area contributed by atoms with Crippen LogP contribution in [-0.4, -0.2) is 77.1 Å². The van der Waals surface area contributed by atoms with E-state index in [0.717, 1.165) is 32.6 Å². The molecule has 1 unspecified atom stereocenters. The minimum Gasteiger partial charge on any atom is -0.481 e. The van der Waals surface area contributed by atoms with Gasteiger partial charge in [0.2, 0.25) is 0 Å². The Balaban J connectivity index is 1.86. The Kier molecular flexibility index (Phi) is 4.76. The third-order valence-corrected chi connectivity index (χ3v) is 4.91. The average Bonchev–Trinajstić information content (AvgIpc) is 2.87. The van der Waals surface area contributed by atoms with Crippen LogP contribution in [0.25, 0.3) is 0 Å². The van der Waals surface area contributed by atoms with Crippen molar-refractivity contribution in [2.24, 2.45) is 5.92 Å². The fraction of sp³-hybridized carbons (Fsp3) is 0.867. The number of carboxylic acids is 1. The predicted molar refractivity (Wildman–Crippen MR) is 80.2 cm³/mol. The van der Waals surface area contributed by atoms with E-state index in [-0.39, 0.29) is 18.0 Å². The highest BCUT2D eigenvalue weighted by Gasteiger charge is 2.36. The van der Waals surface area contributed by atoms with E-state index in [4.69, 9.17) is 5.11 Å². The molecule has 2 amide bonds. The van der Waals surface area contributed by atoms with E-state index in [1.54, 1.807) is 0 Å². The number of carboxylic acid groups (broad SMARTS) is 1. The van der Waals surface area contributed by atoms with Gasteiger partial charge in [-0.1, -0.05) is 0 Å². The Hall–Kier alpha value is -1.30. The van der Waals surface area contributed by atoms with E-state index in [9.17, 15) is 9.59 Å². The second kappa shape index (κ2) is 6.22. The van der Waals surface area contributed by atoms with E-state index in [0.29, 0.717) is 18.9 Å². The predicted octanol–water partition coefficient (Wildman–Crippen LogP) is 1.32. The van der Waals surface area contributed by atoms with Crippen molar-refractivity contribution >= 4 is 12.0 Å². The molecule has 2 heterocycles. The topological polar surface area (TPSA) is 64.1 Å². The van der Waals surface area contributed by atoms with Crippen LogP contribution in [0.15, 0.2) is 0 Å². The van der Waals surface area contributed by atoms with Crippen molar-refractivity contribution in [1.29, 1.82) is 0 Å². The molecule has 1 N–H and O–H groups in total. The van der Waals surface area contributed by atoms with Gasteiger partial charge < -0.3 is 14.9 Å². The molecule has 0 saturated carbocycles. The van der Waals surface area contributed by atoms with Gasteiger partial charge in [-0.25, -0.2) is 4.79 Å². The van der Waals surface area contributed by atoms with Gasteiger partial charge in [-0.15, -0.1) is 0 Å². The molecule has 2 aliphatic heterocycles. The van der Waals surface area contributed by atoms with Crippen LogP contribution in [0.5, 0.6) is 0 Å². The number of likely N-dealkylation sites (N-methyl/N-ethyl adjacent to an activating group) is 1. The molecule has 21 heavy (non-hydrogen) atoms. The van der Waals surface area contributed by atoms with Crippen LogP contribution in [0.1, 0.15) is 33.1 Å². The van der Waals surface area contributed by atoms with Crippen LogP contribution in [0, 0.1) is 5.92 Å². The van der Waals surface area contributed by atoms with E-state index in [2.05, 4.69) is 25.8 Å². The zero-order valence-corrected chi connectivity index (χ0v) is 13.3. The second-order valence-electron chi connectivity index (χ2n) is 6.97. The largest absolute Gasteiger partial charge is 0.481 e. The van der Waals surface area contributed by atoms with E-state index in [1.165, 1.54) is 0 Å². The smallest absolute Gasteiger partial charge is 0.320 e. The molecule has 2 saturated heterocycles. The fourth-order valence-corrected chi connectivity index (χ4v) is 3.17. The molecule has 0 radical (unpaired) electrons. The summed E-state index contributed by atoms with van der Waals surface area (Å²) in [6.07, 6.45) is 1.80. The third kappa shape index (κ3) is 3.87. The second-order valence-corrected chi connectivity index (χ2v) is 6.97. The van der Waals surface area contributed by atoms with E-state index in [1.807, 2.05) is 9.80 Å². The maximum Gasteiger partial charge on any atom is 0.320 e. The summed E-state index contributed by atoms with van der Waals surface area (Å²) in [4.78, 5) is 29.4. The first-order valence-electron chi connectivity index (χ1n) is 7.76. The number of piperazine rings is 1. The van der Waals surface area contributed by atoms with Gasteiger partial charge in [0, 0.05) is 44.7 Å². The van der Waals surface area contributed by atoms with Crippen LogP contribution in [0.4, 0.5) is 4.79 Å². The Labute approximate surface area is 126 Å². The summed E-state index contributed by atoms with van der Waals surface area (Å²) in [5.41, 5.74) is 0.0103. The van der Waals surface area contributed by atoms with Crippen molar-refractivity contribution in [2.75, 3.05) is 39.8 Å². The quantitative estimate of drug-likeness (QED) is 0.853. The van der Waals surface area contributed by atoms with Crippen molar-refractivity contribution in [1.82, 2.24) is 14.7 Å². The van der Waals surface area contributed by atoms with Crippen LogP contribution in [0.3, 0.4) is 0 Å². The lowest BCUT2D eigenvalue weighted by atomic mass is 10.00. The minimum absolute atomic E-state index is 0.0103. The number of amides is 2. The highest BCUT2D eigenvalue weighted by Crippen LogP contribution is 2.24. The van der Waals surface area contributed by atoms with Crippen LogP contribution < -0.4 is 0 Å². The zero-order chi connectivity index (χ0) is 15.6. The van der Waals surface area contributed by atoms with Crippen molar-refractivity contribution in [3.05, 3.63) is 0 Å². The first-order chi connectivity index (χ1) is 9.79. The molecule has 120 valence electrons. The minimum atomic E-state index is -0.749. The van der Waals surface area contributed by atoms with Crippen LogP contribution >= 0.6 is 0 Å². The average molecular weight is 297 g/mol. The lowest BCUT2D eigenvalue weighted by Crippen LogP contribution is -2.60. The molecule has 2 aliphatic rings. The maximum absolute atomic E-state index is 12.6. The number of urea groups is 1.